The van der Waals surface area contributed by atoms with Gasteiger partial charge in [0, 0.05) is 35.0 Å². The van der Waals surface area contributed by atoms with Crippen molar-refractivity contribution < 1.29 is 19.0 Å². The number of ketones is 1. The zero-order valence-corrected chi connectivity index (χ0v) is 16.6. The lowest BCUT2D eigenvalue weighted by Crippen LogP contribution is -2.17. The van der Waals surface area contributed by atoms with E-state index in [1.807, 2.05) is 31.2 Å². The Morgan fingerprint density at radius 3 is 2.74 bits per heavy atom. The normalized spacial score (nSPS) is 18.7. The minimum absolute atomic E-state index is 0.154. The Labute approximate surface area is 164 Å². The lowest BCUT2D eigenvalue weighted by atomic mass is 10.2. The zero-order valence-electron chi connectivity index (χ0n) is 15.8. The standard InChI is InChI=1S/C21H25NO4S/c1-14-10-18(15(2)22(14)12-16-4-3-7-24-16)19(23)13-27-17-5-6-20-21(11-17)26-9-8-25-20/h5-6,10-11,16H,3-4,7-9,12-13H2,1-2H3/t16-/m1/s1. The van der Waals surface area contributed by atoms with Crippen LogP contribution in [0.4, 0.5) is 0 Å². The number of aromatic nitrogens is 1. The molecule has 0 radical (unpaired) electrons. The molecule has 0 saturated carbocycles. The molecule has 3 heterocycles. The number of thioether (sulfide) groups is 1. The molecule has 5 nitrogen and oxygen atoms in total. The van der Waals surface area contributed by atoms with E-state index in [2.05, 4.69) is 11.5 Å². The number of carbonyl (C=O) groups is 1. The van der Waals surface area contributed by atoms with Crippen LogP contribution in [0.25, 0.3) is 0 Å². The molecule has 1 atom stereocenters. The van der Waals surface area contributed by atoms with Crippen molar-refractivity contribution >= 4 is 17.5 Å². The molecule has 4 rings (SSSR count). The van der Waals surface area contributed by atoms with E-state index in [0.717, 1.165) is 59.3 Å². The van der Waals surface area contributed by atoms with Gasteiger partial charge in [0.25, 0.3) is 0 Å². The largest absolute Gasteiger partial charge is 0.486 e. The van der Waals surface area contributed by atoms with Crippen LogP contribution in [0.5, 0.6) is 11.5 Å². The van der Waals surface area contributed by atoms with E-state index in [9.17, 15) is 4.79 Å². The van der Waals surface area contributed by atoms with Crippen LogP contribution in [-0.4, -0.2) is 42.0 Å². The van der Waals surface area contributed by atoms with Crippen LogP contribution in [0, 0.1) is 13.8 Å². The van der Waals surface area contributed by atoms with Crippen LogP contribution < -0.4 is 9.47 Å². The summed E-state index contributed by atoms with van der Waals surface area (Å²) < 4.78 is 19.1. The molecular weight excluding hydrogens is 362 g/mol. The first-order chi connectivity index (χ1) is 13.1. The second-order valence-electron chi connectivity index (χ2n) is 7.05. The van der Waals surface area contributed by atoms with E-state index in [0.29, 0.717) is 19.0 Å². The molecule has 1 aromatic carbocycles. The Bertz CT molecular complexity index is 839. The minimum atomic E-state index is 0.154. The van der Waals surface area contributed by atoms with Crippen LogP contribution >= 0.6 is 11.8 Å². The summed E-state index contributed by atoms with van der Waals surface area (Å²) in [6, 6.07) is 7.85. The Kier molecular flexibility index (Phi) is 5.45. The summed E-state index contributed by atoms with van der Waals surface area (Å²) >= 11 is 1.53. The van der Waals surface area contributed by atoms with E-state index in [1.54, 1.807) is 0 Å². The maximum Gasteiger partial charge on any atom is 0.174 e. The Hall–Kier alpha value is -1.92. The number of aryl methyl sites for hydroxylation is 1. The fraction of sp³-hybridized carbons (Fsp3) is 0.476. The number of rotatable bonds is 6. The summed E-state index contributed by atoms with van der Waals surface area (Å²) in [4.78, 5) is 13.8. The molecular formula is C21H25NO4S. The van der Waals surface area contributed by atoms with Crippen LogP contribution in [0.2, 0.25) is 0 Å². The minimum Gasteiger partial charge on any atom is -0.486 e. The number of hydrogen-bond donors (Lipinski definition) is 0. The van der Waals surface area contributed by atoms with Gasteiger partial charge in [-0.2, -0.15) is 0 Å². The van der Waals surface area contributed by atoms with Gasteiger partial charge in [-0.15, -0.1) is 11.8 Å². The average molecular weight is 388 g/mol. The van der Waals surface area contributed by atoms with E-state index >= 15 is 0 Å². The fourth-order valence-corrected chi connectivity index (χ4v) is 4.50. The maximum absolute atomic E-state index is 12.8. The van der Waals surface area contributed by atoms with Gasteiger partial charge in [0.05, 0.1) is 11.9 Å². The second-order valence-corrected chi connectivity index (χ2v) is 8.10. The van der Waals surface area contributed by atoms with Crippen LogP contribution in [0.15, 0.2) is 29.2 Å². The molecule has 1 fully saturated rings. The molecule has 2 aliphatic rings. The third-order valence-electron chi connectivity index (χ3n) is 5.17. The first-order valence-corrected chi connectivity index (χ1v) is 10.4. The lowest BCUT2D eigenvalue weighted by Gasteiger charge is -2.18. The Morgan fingerprint density at radius 1 is 1.15 bits per heavy atom. The molecule has 0 aliphatic carbocycles. The van der Waals surface area contributed by atoms with Gasteiger partial charge < -0.3 is 18.8 Å². The van der Waals surface area contributed by atoms with Crippen molar-refractivity contribution in [1.82, 2.24) is 4.57 Å². The van der Waals surface area contributed by atoms with Crippen molar-refractivity contribution in [2.24, 2.45) is 0 Å². The van der Waals surface area contributed by atoms with Gasteiger partial charge in [0.2, 0.25) is 0 Å². The van der Waals surface area contributed by atoms with Gasteiger partial charge in [-0.05, 0) is 51.0 Å². The number of carbonyl (C=O) groups excluding carboxylic acids is 1. The van der Waals surface area contributed by atoms with Gasteiger partial charge in [-0.3, -0.25) is 4.79 Å². The highest BCUT2D eigenvalue weighted by Gasteiger charge is 2.21. The first-order valence-electron chi connectivity index (χ1n) is 9.46. The summed E-state index contributed by atoms with van der Waals surface area (Å²) in [6.45, 7) is 6.93. The second kappa shape index (κ2) is 7.98. The van der Waals surface area contributed by atoms with Crippen molar-refractivity contribution in [3.05, 3.63) is 41.2 Å². The Balaban J connectivity index is 1.42. The number of nitrogens with zero attached hydrogens (tertiary/aromatic N) is 1. The van der Waals surface area contributed by atoms with E-state index in [1.165, 1.54) is 11.8 Å². The molecule has 2 aromatic rings. The van der Waals surface area contributed by atoms with E-state index in [-0.39, 0.29) is 11.9 Å². The molecule has 144 valence electrons. The van der Waals surface area contributed by atoms with Gasteiger partial charge in [-0.1, -0.05) is 0 Å². The summed E-state index contributed by atoms with van der Waals surface area (Å²) in [5, 5.41) is 0. The number of Topliss-reactive ketones (excluding diaryl/α,β-unsaturated/α-hetero) is 1. The van der Waals surface area contributed by atoms with Crippen LogP contribution in [-0.2, 0) is 11.3 Å². The molecule has 0 amide bonds. The molecule has 0 unspecified atom stereocenters. The van der Waals surface area contributed by atoms with Gasteiger partial charge in [0.15, 0.2) is 17.3 Å². The predicted octanol–water partition coefficient (Wildman–Crippen LogP) is 4.03. The maximum atomic E-state index is 12.8. The third-order valence-corrected chi connectivity index (χ3v) is 6.16. The van der Waals surface area contributed by atoms with Crippen molar-refractivity contribution in [3.8, 4) is 11.5 Å². The quantitative estimate of drug-likeness (QED) is 0.553. The third kappa shape index (κ3) is 4.01. The van der Waals surface area contributed by atoms with Gasteiger partial charge in [-0.25, -0.2) is 0 Å². The van der Waals surface area contributed by atoms with Crippen molar-refractivity contribution in [2.45, 2.75) is 44.2 Å². The number of hydrogen-bond acceptors (Lipinski definition) is 5. The van der Waals surface area contributed by atoms with Crippen molar-refractivity contribution in [1.29, 1.82) is 0 Å². The lowest BCUT2D eigenvalue weighted by molar-refractivity contribution is 0.0957. The SMILES string of the molecule is Cc1cc(C(=O)CSc2ccc3c(c2)OCCO3)c(C)n1C[C@H]1CCCO1. The van der Waals surface area contributed by atoms with Gasteiger partial charge in [0.1, 0.15) is 13.2 Å². The Morgan fingerprint density at radius 2 is 1.96 bits per heavy atom. The number of fused-ring (bicyclic) bond motifs is 1. The highest BCUT2D eigenvalue weighted by molar-refractivity contribution is 8.00. The van der Waals surface area contributed by atoms with Crippen molar-refractivity contribution in [3.63, 3.8) is 0 Å². The molecule has 1 saturated heterocycles. The van der Waals surface area contributed by atoms with Crippen LogP contribution in [0.1, 0.15) is 34.6 Å². The highest BCUT2D eigenvalue weighted by atomic mass is 32.2. The first kappa shape index (κ1) is 18.4. The molecule has 1 aromatic heterocycles. The molecule has 6 heteroatoms. The van der Waals surface area contributed by atoms with Crippen LogP contribution in [0.3, 0.4) is 0 Å². The molecule has 2 aliphatic heterocycles. The van der Waals surface area contributed by atoms with Crippen molar-refractivity contribution in [2.75, 3.05) is 25.6 Å². The van der Waals surface area contributed by atoms with Gasteiger partial charge >= 0.3 is 0 Å². The molecule has 0 N–H and O–H groups in total. The predicted molar refractivity (Wildman–Crippen MR) is 105 cm³/mol. The topological polar surface area (TPSA) is 49.7 Å². The smallest absolute Gasteiger partial charge is 0.174 e. The number of benzene rings is 1. The summed E-state index contributed by atoms with van der Waals surface area (Å²) in [5.74, 6) is 2.09. The summed E-state index contributed by atoms with van der Waals surface area (Å²) in [6.07, 6.45) is 2.49. The molecule has 0 spiro atoms. The summed E-state index contributed by atoms with van der Waals surface area (Å²) in [7, 11) is 0. The highest BCUT2D eigenvalue weighted by Crippen LogP contribution is 2.34. The van der Waals surface area contributed by atoms with E-state index in [4.69, 9.17) is 14.2 Å². The van der Waals surface area contributed by atoms with E-state index < -0.39 is 0 Å². The molecule has 0 bridgehead atoms. The monoisotopic (exact) mass is 387 g/mol. The molecule has 27 heavy (non-hydrogen) atoms. The average Bonchev–Trinajstić information content (AvgIpc) is 3.30. The fourth-order valence-electron chi connectivity index (χ4n) is 3.70. The zero-order chi connectivity index (χ0) is 18.8. The number of ether oxygens (including phenoxy) is 3. The summed E-state index contributed by atoms with van der Waals surface area (Å²) in [5.41, 5.74) is 2.97.